The van der Waals surface area contributed by atoms with E-state index in [1.165, 1.54) is 6.42 Å². The number of rotatable bonds is 11. The van der Waals surface area contributed by atoms with Gasteiger partial charge in [-0.3, -0.25) is 0 Å². The van der Waals surface area contributed by atoms with Crippen LogP contribution in [0.25, 0.3) is 0 Å². The number of hydrogen-bond donors (Lipinski definition) is 0. The summed E-state index contributed by atoms with van der Waals surface area (Å²) in [6.07, 6.45) is 7.68. The smallest absolute Gasteiger partial charge is 0.168 e. The quantitative estimate of drug-likeness (QED) is 0.229. The van der Waals surface area contributed by atoms with Crippen LogP contribution in [0, 0.1) is 0 Å². The number of benzene rings is 1. The number of aromatic nitrogens is 2. The lowest BCUT2D eigenvalue weighted by Crippen LogP contribution is -2.38. The van der Waals surface area contributed by atoms with Crippen molar-refractivity contribution in [2.24, 2.45) is 0 Å². The first-order valence-electron chi connectivity index (χ1n) is 11.9. The molecule has 1 aliphatic carbocycles. The number of ether oxygens (including phenoxy) is 2. The van der Waals surface area contributed by atoms with E-state index in [2.05, 4.69) is 32.3 Å². The number of nitrogens with zero attached hydrogens (tertiary/aromatic N) is 2. The van der Waals surface area contributed by atoms with Crippen molar-refractivity contribution < 1.29 is 9.47 Å². The van der Waals surface area contributed by atoms with E-state index < -0.39 is 5.79 Å². The Labute approximate surface area is 207 Å². The highest BCUT2D eigenvalue weighted by molar-refractivity contribution is 7.99. The molecule has 1 aromatic heterocycles. The monoisotopic (exact) mass is 498 g/mol. The van der Waals surface area contributed by atoms with Crippen LogP contribution in [-0.4, -0.2) is 21.9 Å². The number of imidazole rings is 1. The largest absolute Gasteiger partial charge is 0.350 e. The first-order valence-corrected chi connectivity index (χ1v) is 13.5. The molecule has 0 N–H and O–H groups in total. The third-order valence-corrected chi connectivity index (χ3v) is 7.41. The molecule has 0 saturated heterocycles. The Morgan fingerprint density at radius 3 is 2.34 bits per heavy atom. The van der Waals surface area contributed by atoms with Gasteiger partial charge in [0.15, 0.2) is 5.79 Å². The zero-order chi connectivity index (χ0) is 23.1. The molecule has 1 saturated carbocycles. The van der Waals surface area contributed by atoms with E-state index in [0.29, 0.717) is 22.6 Å². The summed E-state index contributed by atoms with van der Waals surface area (Å²) in [6.45, 7) is 10.7. The fraction of sp³-hybridized carbons (Fsp3) is 0.640. The van der Waals surface area contributed by atoms with Gasteiger partial charge in [-0.15, -0.1) is 0 Å². The molecule has 0 aliphatic heterocycles. The standard InChI is InChI=1S/C25H36Cl2N2O2S/c1-5-7-13-30-25(11-9-8-10-12-25)31-17-22-28-23(18(3)4)24(29(22)6-2)32-21-15-19(26)14-20(27)16-21/h14-16,18H,5-13,17H2,1-4H3. The Balaban J connectivity index is 1.85. The molecule has 178 valence electrons. The maximum absolute atomic E-state index is 6.53. The van der Waals surface area contributed by atoms with Gasteiger partial charge in [-0.05, 0) is 50.3 Å². The lowest BCUT2D eigenvalue weighted by atomic mass is 9.94. The Kier molecular flexibility index (Phi) is 9.81. The van der Waals surface area contributed by atoms with Crippen LogP contribution in [0.2, 0.25) is 10.0 Å². The normalized spacial score (nSPS) is 16.1. The highest BCUT2D eigenvalue weighted by atomic mass is 35.5. The average Bonchev–Trinajstić information content (AvgIpc) is 3.10. The molecule has 4 nitrogen and oxygen atoms in total. The highest BCUT2D eigenvalue weighted by Gasteiger charge is 2.34. The molecular weight excluding hydrogens is 463 g/mol. The highest BCUT2D eigenvalue weighted by Crippen LogP contribution is 2.38. The van der Waals surface area contributed by atoms with Crippen LogP contribution in [-0.2, 0) is 22.6 Å². The van der Waals surface area contributed by atoms with Crippen molar-refractivity contribution in [1.29, 1.82) is 0 Å². The molecule has 3 rings (SSSR count). The lowest BCUT2D eigenvalue weighted by Gasteiger charge is -2.37. The van der Waals surface area contributed by atoms with Gasteiger partial charge in [-0.25, -0.2) is 4.98 Å². The minimum absolute atomic E-state index is 0.295. The third-order valence-electron chi connectivity index (χ3n) is 5.88. The first-order chi connectivity index (χ1) is 15.4. The molecule has 0 radical (unpaired) electrons. The van der Waals surface area contributed by atoms with Crippen LogP contribution >= 0.6 is 35.0 Å². The molecule has 32 heavy (non-hydrogen) atoms. The van der Waals surface area contributed by atoms with Crippen molar-refractivity contribution in [3.8, 4) is 0 Å². The average molecular weight is 500 g/mol. The van der Waals surface area contributed by atoms with Crippen LogP contribution in [0.1, 0.15) is 90.1 Å². The summed E-state index contributed by atoms with van der Waals surface area (Å²) in [7, 11) is 0. The van der Waals surface area contributed by atoms with E-state index in [9.17, 15) is 0 Å². The molecule has 0 spiro atoms. The number of unbranched alkanes of at least 4 members (excludes halogenated alkanes) is 1. The van der Waals surface area contributed by atoms with Crippen molar-refractivity contribution in [2.45, 2.75) is 107 Å². The molecule has 2 aromatic rings. The Morgan fingerprint density at radius 1 is 1.06 bits per heavy atom. The molecule has 0 atom stereocenters. The molecule has 1 aromatic carbocycles. The van der Waals surface area contributed by atoms with E-state index in [-0.39, 0.29) is 0 Å². The van der Waals surface area contributed by atoms with Gasteiger partial charge >= 0.3 is 0 Å². The van der Waals surface area contributed by atoms with Crippen molar-refractivity contribution in [1.82, 2.24) is 9.55 Å². The topological polar surface area (TPSA) is 36.3 Å². The molecule has 1 fully saturated rings. The van der Waals surface area contributed by atoms with Gasteiger partial charge in [0.1, 0.15) is 17.5 Å². The minimum atomic E-state index is -0.469. The van der Waals surface area contributed by atoms with Crippen LogP contribution in [0.3, 0.4) is 0 Å². The van der Waals surface area contributed by atoms with Crippen molar-refractivity contribution in [3.05, 3.63) is 39.8 Å². The molecule has 1 heterocycles. The zero-order valence-corrected chi connectivity index (χ0v) is 22.1. The predicted molar refractivity (Wildman–Crippen MR) is 134 cm³/mol. The Hall–Kier alpha value is -0.720. The second-order valence-electron chi connectivity index (χ2n) is 8.79. The van der Waals surface area contributed by atoms with Gasteiger partial charge in [0.05, 0.1) is 12.3 Å². The first kappa shape index (κ1) is 25.9. The van der Waals surface area contributed by atoms with Gasteiger partial charge < -0.3 is 14.0 Å². The second-order valence-corrected chi connectivity index (χ2v) is 10.7. The fourth-order valence-electron chi connectivity index (χ4n) is 4.14. The summed E-state index contributed by atoms with van der Waals surface area (Å²) in [5.41, 5.74) is 1.08. The molecular formula is C25H36Cl2N2O2S. The number of halogens is 2. The third kappa shape index (κ3) is 6.66. The zero-order valence-electron chi connectivity index (χ0n) is 19.8. The molecule has 0 amide bonds. The number of hydrogen-bond acceptors (Lipinski definition) is 4. The molecule has 1 aliphatic rings. The summed E-state index contributed by atoms with van der Waals surface area (Å²) in [6, 6.07) is 5.66. The Bertz CT molecular complexity index is 859. The van der Waals surface area contributed by atoms with Crippen LogP contribution < -0.4 is 0 Å². The summed E-state index contributed by atoms with van der Waals surface area (Å²) < 4.78 is 15.1. The van der Waals surface area contributed by atoms with E-state index in [1.54, 1.807) is 17.8 Å². The van der Waals surface area contributed by atoms with Crippen molar-refractivity contribution in [3.63, 3.8) is 0 Å². The molecule has 0 bridgehead atoms. The van der Waals surface area contributed by atoms with E-state index in [4.69, 9.17) is 37.7 Å². The SMILES string of the molecule is CCCCOC1(OCc2nc(C(C)C)c(Sc3cc(Cl)cc(Cl)c3)n2CC)CCCCC1. The fourth-order valence-corrected chi connectivity index (χ4v) is 6.12. The predicted octanol–water partition coefficient (Wildman–Crippen LogP) is 8.48. The second kappa shape index (κ2) is 12.1. The van der Waals surface area contributed by atoms with E-state index >= 15 is 0 Å². The summed E-state index contributed by atoms with van der Waals surface area (Å²) in [4.78, 5) is 6.04. The van der Waals surface area contributed by atoms with Crippen LogP contribution in [0.4, 0.5) is 0 Å². The van der Waals surface area contributed by atoms with Gasteiger partial charge in [-0.2, -0.15) is 0 Å². The maximum atomic E-state index is 6.53. The maximum Gasteiger partial charge on any atom is 0.168 e. The van der Waals surface area contributed by atoms with E-state index in [1.807, 2.05) is 12.1 Å². The summed E-state index contributed by atoms with van der Waals surface area (Å²) in [5, 5.41) is 2.41. The molecule has 7 heteroatoms. The van der Waals surface area contributed by atoms with Gasteiger partial charge in [-0.1, -0.05) is 68.6 Å². The van der Waals surface area contributed by atoms with Crippen LogP contribution in [0.5, 0.6) is 0 Å². The minimum Gasteiger partial charge on any atom is -0.350 e. The van der Waals surface area contributed by atoms with Gasteiger partial charge in [0.25, 0.3) is 0 Å². The van der Waals surface area contributed by atoms with E-state index in [0.717, 1.165) is 73.1 Å². The van der Waals surface area contributed by atoms with Gasteiger partial charge in [0, 0.05) is 34.3 Å². The van der Waals surface area contributed by atoms with Crippen LogP contribution in [0.15, 0.2) is 28.1 Å². The lowest BCUT2D eigenvalue weighted by molar-refractivity contribution is -0.260. The molecule has 0 unspecified atom stereocenters. The summed E-state index contributed by atoms with van der Waals surface area (Å²) >= 11 is 14.2. The summed E-state index contributed by atoms with van der Waals surface area (Å²) in [5.74, 6) is 0.781. The van der Waals surface area contributed by atoms with Crippen molar-refractivity contribution >= 4 is 35.0 Å². The van der Waals surface area contributed by atoms with Crippen molar-refractivity contribution in [2.75, 3.05) is 6.61 Å². The Morgan fingerprint density at radius 2 is 1.75 bits per heavy atom. The van der Waals surface area contributed by atoms with Gasteiger partial charge in [0.2, 0.25) is 0 Å².